The summed E-state index contributed by atoms with van der Waals surface area (Å²) >= 11 is 0. The Labute approximate surface area is 83.1 Å². The topological polar surface area (TPSA) is 69.6 Å². The molecule has 0 bridgehead atoms. The van der Waals surface area contributed by atoms with Crippen LogP contribution < -0.4 is 5.32 Å². The van der Waals surface area contributed by atoms with E-state index < -0.39 is 5.97 Å². The van der Waals surface area contributed by atoms with Crippen LogP contribution in [0.4, 0.5) is 4.79 Å². The van der Waals surface area contributed by atoms with Crippen LogP contribution in [0.2, 0.25) is 0 Å². The Kier molecular flexibility index (Phi) is 3.73. The van der Waals surface area contributed by atoms with Gasteiger partial charge in [-0.3, -0.25) is 4.79 Å². The summed E-state index contributed by atoms with van der Waals surface area (Å²) in [4.78, 5) is 23.4. The molecule has 80 valence electrons. The zero-order valence-electron chi connectivity index (χ0n) is 8.32. The molecule has 1 atom stereocenters. The van der Waals surface area contributed by atoms with Crippen LogP contribution in [0.3, 0.4) is 0 Å². The van der Waals surface area contributed by atoms with E-state index in [0.717, 1.165) is 25.8 Å². The standard InChI is InChI=1S/C9H16N2O3/c1-7-4-2-3-5-11(7)9(14)10-6-8(12)13/h7H,2-6H2,1H3,(H,10,14)(H,12,13). The summed E-state index contributed by atoms with van der Waals surface area (Å²) in [5.41, 5.74) is 0. The van der Waals surface area contributed by atoms with E-state index in [1.807, 2.05) is 6.92 Å². The summed E-state index contributed by atoms with van der Waals surface area (Å²) in [5.74, 6) is -1.01. The monoisotopic (exact) mass is 200 g/mol. The second-order valence-corrected chi connectivity index (χ2v) is 3.59. The molecule has 0 aromatic carbocycles. The van der Waals surface area contributed by atoms with Crippen LogP contribution in [0, 0.1) is 0 Å². The summed E-state index contributed by atoms with van der Waals surface area (Å²) in [6.07, 6.45) is 3.15. The molecule has 0 saturated carbocycles. The van der Waals surface area contributed by atoms with E-state index in [4.69, 9.17) is 5.11 Å². The number of hydrogen-bond donors (Lipinski definition) is 2. The van der Waals surface area contributed by atoms with Gasteiger partial charge < -0.3 is 15.3 Å². The van der Waals surface area contributed by atoms with Crippen molar-refractivity contribution in [1.29, 1.82) is 0 Å². The molecular formula is C9H16N2O3. The second kappa shape index (κ2) is 4.83. The lowest BCUT2D eigenvalue weighted by molar-refractivity contribution is -0.135. The normalized spacial score (nSPS) is 21.8. The van der Waals surface area contributed by atoms with E-state index in [1.54, 1.807) is 4.90 Å². The van der Waals surface area contributed by atoms with Crippen molar-refractivity contribution in [2.24, 2.45) is 0 Å². The molecule has 0 aromatic rings. The smallest absolute Gasteiger partial charge is 0.323 e. The Balaban J connectivity index is 2.38. The maximum Gasteiger partial charge on any atom is 0.323 e. The fourth-order valence-electron chi connectivity index (χ4n) is 1.65. The number of nitrogens with zero attached hydrogens (tertiary/aromatic N) is 1. The molecular weight excluding hydrogens is 184 g/mol. The molecule has 0 aromatic heterocycles. The lowest BCUT2D eigenvalue weighted by atomic mass is 10.0. The number of nitrogens with one attached hydrogen (secondary N) is 1. The Hall–Kier alpha value is -1.26. The van der Waals surface area contributed by atoms with Crippen LogP contribution in [0.1, 0.15) is 26.2 Å². The highest BCUT2D eigenvalue weighted by molar-refractivity contribution is 5.80. The number of rotatable bonds is 2. The number of carbonyl (C=O) groups excluding carboxylic acids is 1. The van der Waals surface area contributed by atoms with Gasteiger partial charge in [-0.2, -0.15) is 0 Å². The van der Waals surface area contributed by atoms with Crippen molar-refractivity contribution in [3.05, 3.63) is 0 Å². The number of aliphatic carboxylic acids is 1. The Morgan fingerprint density at radius 1 is 1.50 bits per heavy atom. The number of likely N-dealkylation sites (tertiary alicyclic amines) is 1. The molecule has 1 rings (SSSR count). The summed E-state index contributed by atoms with van der Waals surface area (Å²) in [5, 5.41) is 10.8. The molecule has 1 aliphatic heterocycles. The first-order valence-corrected chi connectivity index (χ1v) is 4.87. The van der Waals surface area contributed by atoms with Crippen LogP contribution in [0.5, 0.6) is 0 Å². The van der Waals surface area contributed by atoms with E-state index in [9.17, 15) is 9.59 Å². The van der Waals surface area contributed by atoms with Gasteiger partial charge in [-0.1, -0.05) is 0 Å². The minimum atomic E-state index is -1.01. The van der Waals surface area contributed by atoms with Gasteiger partial charge in [0, 0.05) is 12.6 Å². The van der Waals surface area contributed by atoms with Gasteiger partial charge in [-0.05, 0) is 26.2 Å². The predicted molar refractivity (Wildman–Crippen MR) is 51.1 cm³/mol. The van der Waals surface area contributed by atoms with E-state index >= 15 is 0 Å². The van der Waals surface area contributed by atoms with Crippen LogP contribution in [0.25, 0.3) is 0 Å². The van der Waals surface area contributed by atoms with E-state index in [-0.39, 0.29) is 18.6 Å². The van der Waals surface area contributed by atoms with Gasteiger partial charge in [0.15, 0.2) is 0 Å². The summed E-state index contributed by atoms with van der Waals surface area (Å²) in [7, 11) is 0. The van der Waals surface area contributed by atoms with Crippen molar-refractivity contribution in [2.75, 3.05) is 13.1 Å². The maximum atomic E-state index is 11.5. The average Bonchev–Trinajstić information content (AvgIpc) is 2.15. The molecule has 1 heterocycles. The third-order valence-corrected chi connectivity index (χ3v) is 2.45. The number of amides is 2. The molecule has 5 heteroatoms. The highest BCUT2D eigenvalue weighted by Crippen LogP contribution is 2.15. The third kappa shape index (κ3) is 2.90. The fourth-order valence-corrected chi connectivity index (χ4v) is 1.65. The zero-order valence-corrected chi connectivity index (χ0v) is 8.32. The molecule has 1 fully saturated rings. The third-order valence-electron chi connectivity index (χ3n) is 2.45. The van der Waals surface area contributed by atoms with Gasteiger partial charge in [-0.25, -0.2) is 4.79 Å². The zero-order chi connectivity index (χ0) is 10.6. The summed E-state index contributed by atoms with van der Waals surface area (Å²) in [6, 6.07) is -0.0443. The quantitative estimate of drug-likeness (QED) is 0.687. The molecule has 14 heavy (non-hydrogen) atoms. The molecule has 0 aliphatic carbocycles. The molecule has 1 saturated heterocycles. The van der Waals surface area contributed by atoms with Gasteiger partial charge in [0.05, 0.1) is 0 Å². The number of carboxylic acids is 1. The number of carboxylic acid groups (broad SMARTS) is 1. The molecule has 0 spiro atoms. The van der Waals surface area contributed by atoms with Crippen molar-refractivity contribution < 1.29 is 14.7 Å². The fraction of sp³-hybridized carbons (Fsp3) is 0.778. The largest absolute Gasteiger partial charge is 0.480 e. The van der Waals surface area contributed by atoms with E-state index in [0.29, 0.717) is 0 Å². The van der Waals surface area contributed by atoms with E-state index in [2.05, 4.69) is 5.32 Å². The Bertz CT molecular complexity index is 230. The van der Waals surface area contributed by atoms with Crippen LogP contribution in [-0.2, 0) is 4.79 Å². The first-order chi connectivity index (χ1) is 6.61. The lowest BCUT2D eigenvalue weighted by Gasteiger charge is -2.33. The van der Waals surface area contributed by atoms with Gasteiger partial charge in [0.25, 0.3) is 0 Å². The number of carbonyl (C=O) groups is 2. The van der Waals surface area contributed by atoms with Crippen LogP contribution in [0.15, 0.2) is 0 Å². The van der Waals surface area contributed by atoms with Gasteiger partial charge in [0.2, 0.25) is 0 Å². The summed E-state index contributed by atoms with van der Waals surface area (Å²) < 4.78 is 0. The van der Waals surface area contributed by atoms with Gasteiger partial charge in [-0.15, -0.1) is 0 Å². The average molecular weight is 200 g/mol. The van der Waals surface area contributed by atoms with Crippen LogP contribution in [-0.4, -0.2) is 41.1 Å². The SMILES string of the molecule is CC1CCCCN1C(=O)NCC(=O)O. The maximum absolute atomic E-state index is 11.5. The number of urea groups is 1. The van der Waals surface area contributed by atoms with Crippen molar-refractivity contribution in [3.63, 3.8) is 0 Å². The highest BCUT2D eigenvalue weighted by Gasteiger charge is 2.22. The number of piperidine rings is 1. The minimum absolute atomic E-state index is 0.220. The molecule has 1 unspecified atom stereocenters. The van der Waals surface area contributed by atoms with Gasteiger partial charge >= 0.3 is 12.0 Å². The molecule has 2 N–H and O–H groups in total. The van der Waals surface area contributed by atoms with Gasteiger partial charge in [0.1, 0.15) is 6.54 Å². The van der Waals surface area contributed by atoms with Crippen molar-refractivity contribution in [2.45, 2.75) is 32.2 Å². The minimum Gasteiger partial charge on any atom is -0.480 e. The summed E-state index contributed by atoms with van der Waals surface area (Å²) in [6.45, 7) is 2.41. The van der Waals surface area contributed by atoms with Crippen LogP contribution >= 0.6 is 0 Å². The molecule has 0 radical (unpaired) electrons. The predicted octanol–water partition coefficient (Wildman–Crippen LogP) is 0.655. The molecule has 2 amide bonds. The first kappa shape index (κ1) is 10.8. The molecule has 1 aliphatic rings. The van der Waals surface area contributed by atoms with Crippen molar-refractivity contribution in [3.8, 4) is 0 Å². The number of hydrogen-bond acceptors (Lipinski definition) is 2. The lowest BCUT2D eigenvalue weighted by Crippen LogP contribution is -2.48. The Morgan fingerprint density at radius 3 is 2.79 bits per heavy atom. The van der Waals surface area contributed by atoms with Crippen molar-refractivity contribution >= 4 is 12.0 Å². The molecule has 5 nitrogen and oxygen atoms in total. The first-order valence-electron chi connectivity index (χ1n) is 4.87. The highest BCUT2D eigenvalue weighted by atomic mass is 16.4. The Morgan fingerprint density at radius 2 is 2.21 bits per heavy atom. The second-order valence-electron chi connectivity index (χ2n) is 3.59. The van der Waals surface area contributed by atoms with E-state index in [1.165, 1.54) is 0 Å². The van der Waals surface area contributed by atoms with Crippen molar-refractivity contribution in [1.82, 2.24) is 10.2 Å².